The Morgan fingerprint density at radius 2 is 2.04 bits per heavy atom. The maximum atomic E-state index is 12.8. The molecule has 0 heterocycles. The van der Waals surface area contributed by atoms with Crippen LogP contribution in [0.5, 0.6) is 0 Å². The Morgan fingerprint density at radius 1 is 1.35 bits per heavy atom. The monoisotopic (exact) mass is 326 g/mol. The van der Waals surface area contributed by atoms with Crippen molar-refractivity contribution in [1.29, 1.82) is 0 Å². The minimum atomic E-state index is -2.68. The van der Waals surface area contributed by atoms with Gasteiger partial charge >= 0.3 is 0 Å². The van der Waals surface area contributed by atoms with Gasteiger partial charge in [0.15, 0.2) is 0 Å². The molecule has 1 aliphatic carbocycles. The predicted octanol–water partition coefficient (Wildman–Crippen LogP) is 2.50. The Balaban J connectivity index is 1.98. The van der Waals surface area contributed by atoms with Crippen LogP contribution in [-0.2, 0) is 9.53 Å². The zero-order valence-corrected chi connectivity index (χ0v) is 13.1. The van der Waals surface area contributed by atoms with Gasteiger partial charge in [0.05, 0.1) is 0 Å². The third-order valence-electron chi connectivity index (χ3n) is 3.64. The molecule has 1 saturated carbocycles. The molecule has 1 aromatic carbocycles. The smallest absolute Gasteiger partial charge is 0.252 e. The maximum absolute atomic E-state index is 12.8. The topological polar surface area (TPSA) is 67.4 Å². The lowest BCUT2D eigenvalue weighted by molar-refractivity contribution is -0.120. The lowest BCUT2D eigenvalue weighted by Gasteiger charge is -2.35. The maximum Gasteiger partial charge on any atom is 0.252 e. The number of ether oxygens (including phenoxy) is 1. The van der Waals surface area contributed by atoms with Crippen LogP contribution in [0.1, 0.15) is 35.7 Å². The van der Waals surface area contributed by atoms with Crippen molar-refractivity contribution in [3.63, 3.8) is 0 Å². The second kappa shape index (κ2) is 7.04. The molecule has 2 amide bonds. The van der Waals surface area contributed by atoms with Gasteiger partial charge in [-0.1, -0.05) is 6.07 Å². The minimum Gasteiger partial charge on any atom is -0.372 e. The van der Waals surface area contributed by atoms with Crippen molar-refractivity contribution in [2.75, 3.05) is 18.5 Å². The van der Waals surface area contributed by atoms with Gasteiger partial charge in [-0.15, -0.1) is 0 Å². The van der Waals surface area contributed by atoms with E-state index in [1.54, 1.807) is 26.0 Å². The fourth-order valence-electron chi connectivity index (χ4n) is 2.31. The van der Waals surface area contributed by atoms with Crippen LogP contribution in [0, 0.1) is 6.92 Å². The van der Waals surface area contributed by atoms with Crippen molar-refractivity contribution < 1.29 is 23.1 Å². The number of aryl methyl sites for hydroxylation is 1. The number of hydrogen-bond donors (Lipinski definition) is 2. The Hall–Kier alpha value is -2.02. The van der Waals surface area contributed by atoms with E-state index in [0.717, 1.165) is 5.56 Å². The zero-order chi connectivity index (χ0) is 17.0. The molecule has 0 bridgehead atoms. The molecule has 7 heteroatoms. The van der Waals surface area contributed by atoms with Crippen molar-refractivity contribution >= 4 is 17.5 Å². The normalized spacial score (nSPS) is 16.5. The summed E-state index contributed by atoms with van der Waals surface area (Å²) in [6, 6.07) is 4.32. The van der Waals surface area contributed by atoms with E-state index in [1.807, 2.05) is 0 Å². The molecule has 2 N–H and O–H groups in total. The molecule has 0 aliphatic heterocycles. The Morgan fingerprint density at radius 3 is 2.65 bits per heavy atom. The second-order valence-electron chi connectivity index (χ2n) is 5.65. The summed E-state index contributed by atoms with van der Waals surface area (Å²) >= 11 is 0. The van der Waals surface area contributed by atoms with E-state index in [9.17, 15) is 18.4 Å². The molecule has 0 spiro atoms. The highest BCUT2D eigenvalue weighted by atomic mass is 19.3. The molecule has 0 saturated heterocycles. The Bertz CT molecular complexity index is 597. The molecule has 0 unspecified atom stereocenters. The number of hydrogen-bond acceptors (Lipinski definition) is 3. The fraction of sp³-hybridized carbons (Fsp3) is 0.500. The zero-order valence-electron chi connectivity index (χ0n) is 13.1. The van der Waals surface area contributed by atoms with Crippen LogP contribution < -0.4 is 10.6 Å². The first-order valence-electron chi connectivity index (χ1n) is 7.47. The van der Waals surface area contributed by atoms with Crippen LogP contribution in [0.2, 0.25) is 0 Å². The summed E-state index contributed by atoms with van der Waals surface area (Å²) in [5.74, 6) is -3.42. The molecular formula is C16H20F2N2O3. The highest BCUT2D eigenvalue weighted by Crippen LogP contribution is 2.37. The van der Waals surface area contributed by atoms with Crippen molar-refractivity contribution in [2.24, 2.45) is 0 Å². The fourth-order valence-corrected chi connectivity index (χ4v) is 2.31. The van der Waals surface area contributed by atoms with Gasteiger partial charge in [0, 0.05) is 36.7 Å². The first kappa shape index (κ1) is 17.3. The first-order chi connectivity index (χ1) is 10.8. The standard InChI is InChI=1S/C16H20F2N2O3/c1-3-23-9-14(21)20-13-6-11(5-4-10(13)2)15(22)19-12-7-16(17,18)8-12/h4-6,12H,3,7-9H2,1-2H3,(H,19,22)(H,20,21). The number of carbonyl (C=O) groups is 2. The van der Waals surface area contributed by atoms with Crippen LogP contribution in [-0.4, -0.2) is 37.0 Å². The van der Waals surface area contributed by atoms with Gasteiger partial charge < -0.3 is 15.4 Å². The average molecular weight is 326 g/mol. The number of alkyl halides is 2. The van der Waals surface area contributed by atoms with E-state index in [-0.39, 0.29) is 25.4 Å². The van der Waals surface area contributed by atoms with Crippen molar-refractivity contribution in [3.8, 4) is 0 Å². The highest BCUT2D eigenvalue weighted by Gasteiger charge is 2.45. The van der Waals surface area contributed by atoms with E-state index < -0.39 is 17.9 Å². The molecule has 0 atom stereocenters. The number of carbonyl (C=O) groups excluding carboxylic acids is 2. The van der Waals surface area contributed by atoms with Crippen LogP contribution >= 0.6 is 0 Å². The lowest BCUT2D eigenvalue weighted by atomic mass is 9.88. The molecule has 126 valence electrons. The first-order valence-corrected chi connectivity index (χ1v) is 7.47. The number of amides is 2. The van der Waals surface area contributed by atoms with Gasteiger partial charge in [-0.05, 0) is 31.5 Å². The summed E-state index contributed by atoms with van der Waals surface area (Å²) in [7, 11) is 0. The number of nitrogens with one attached hydrogen (secondary N) is 2. The highest BCUT2D eigenvalue weighted by molar-refractivity contribution is 5.98. The van der Waals surface area contributed by atoms with Gasteiger partial charge in [-0.25, -0.2) is 8.78 Å². The molecule has 1 aromatic rings. The van der Waals surface area contributed by atoms with Gasteiger partial charge in [-0.3, -0.25) is 9.59 Å². The number of benzene rings is 1. The summed E-state index contributed by atoms with van der Waals surface area (Å²) in [5, 5.41) is 5.24. The molecular weight excluding hydrogens is 306 g/mol. The number of rotatable bonds is 6. The molecule has 5 nitrogen and oxygen atoms in total. The quantitative estimate of drug-likeness (QED) is 0.844. The van der Waals surface area contributed by atoms with Crippen molar-refractivity contribution in [3.05, 3.63) is 29.3 Å². The Labute approximate surface area is 133 Å². The van der Waals surface area contributed by atoms with Crippen molar-refractivity contribution in [2.45, 2.75) is 38.7 Å². The Kier molecular flexibility index (Phi) is 5.30. The van der Waals surface area contributed by atoms with Gasteiger partial charge in [0.2, 0.25) is 5.91 Å². The molecule has 1 aliphatic rings. The SMILES string of the molecule is CCOCC(=O)Nc1cc(C(=O)NC2CC(F)(F)C2)ccc1C. The van der Waals surface area contributed by atoms with E-state index >= 15 is 0 Å². The van der Waals surface area contributed by atoms with E-state index in [0.29, 0.717) is 17.9 Å². The van der Waals surface area contributed by atoms with Crippen LogP contribution in [0.15, 0.2) is 18.2 Å². The van der Waals surface area contributed by atoms with Crippen LogP contribution in [0.3, 0.4) is 0 Å². The van der Waals surface area contributed by atoms with Gasteiger partial charge in [0.1, 0.15) is 6.61 Å². The summed E-state index contributed by atoms with van der Waals surface area (Å²) in [6.45, 7) is 3.95. The number of anilines is 1. The average Bonchev–Trinajstić information content (AvgIpc) is 2.45. The van der Waals surface area contributed by atoms with Gasteiger partial charge in [-0.2, -0.15) is 0 Å². The molecule has 2 rings (SSSR count). The van der Waals surface area contributed by atoms with Crippen LogP contribution in [0.4, 0.5) is 14.5 Å². The van der Waals surface area contributed by atoms with E-state index in [2.05, 4.69) is 10.6 Å². The largest absolute Gasteiger partial charge is 0.372 e. The summed E-state index contributed by atoms with van der Waals surface area (Å²) in [5.41, 5.74) is 1.61. The second-order valence-corrected chi connectivity index (χ2v) is 5.65. The lowest BCUT2D eigenvalue weighted by Crippen LogP contribution is -2.50. The third-order valence-corrected chi connectivity index (χ3v) is 3.64. The number of halogens is 2. The molecule has 0 radical (unpaired) electrons. The van der Waals surface area contributed by atoms with Crippen LogP contribution in [0.25, 0.3) is 0 Å². The summed E-state index contributed by atoms with van der Waals surface area (Å²) in [6.07, 6.45) is -0.662. The van der Waals surface area contributed by atoms with Crippen molar-refractivity contribution in [1.82, 2.24) is 5.32 Å². The minimum absolute atomic E-state index is 0.0660. The summed E-state index contributed by atoms with van der Waals surface area (Å²) < 4.78 is 30.6. The predicted molar refractivity (Wildman–Crippen MR) is 81.7 cm³/mol. The van der Waals surface area contributed by atoms with E-state index in [4.69, 9.17) is 4.74 Å². The summed E-state index contributed by atoms with van der Waals surface area (Å²) in [4.78, 5) is 23.8. The molecule has 23 heavy (non-hydrogen) atoms. The molecule has 0 aromatic heterocycles. The van der Waals surface area contributed by atoms with Gasteiger partial charge in [0.25, 0.3) is 11.8 Å². The third kappa shape index (κ3) is 4.72. The molecule has 1 fully saturated rings. The van der Waals surface area contributed by atoms with E-state index in [1.165, 1.54) is 6.07 Å².